The van der Waals surface area contributed by atoms with Crippen molar-refractivity contribution in [2.45, 2.75) is 38.0 Å². The highest BCUT2D eigenvalue weighted by Gasteiger charge is 2.58. The van der Waals surface area contributed by atoms with Crippen LogP contribution in [0.3, 0.4) is 0 Å². The SMILES string of the molecule is NS(=O)(=O)N1CCC2(CC1)CC2c1nc(-c2ccnc(N3CCCC3)c2)no1. The summed E-state index contributed by atoms with van der Waals surface area (Å²) >= 11 is 0. The molecule has 1 saturated carbocycles. The molecule has 2 aromatic rings. The lowest BCUT2D eigenvalue weighted by atomic mass is 9.92. The van der Waals surface area contributed by atoms with E-state index in [4.69, 9.17) is 9.66 Å². The maximum Gasteiger partial charge on any atom is 0.276 e. The molecule has 2 aromatic heterocycles. The molecule has 1 spiro atoms. The van der Waals surface area contributed by atoms with Crippen LogP contribution in [-0.4, -0.2) is 54.0 Å². The second kappa shape index (κ2) is 6.50. The molecule has 5 rings (SSSR count). The van der Waals surface area contributed by atoms with Crippen LogP contribution in [0.2, 0.25) is 0 Å². The molecule has 2 N–H and O–H groups in total. The number of hydrogen-bond acceptors (Lipinski definition) is 7. The second-order valence-corrected chi connectivity index (χ2v) is 9.66. The van der Waals surface area contributed by atoms with Crippen molar-refractivity contribution in [3.8, 4) is 11.4 Å². The average Bonchev–Trinajstić information content (AvgIpc) is 3.12. The van der Waals surface area contributed by atoms with E-state index in [0.717, 1.165) is 43.7 Å². The van der Waals surface area contributed by atoms with Gasteiger partial charge in [-0.05, 0) is 49.7 Å². The smallest absolute Gasteiger partial charge is 0.276 e. The Bertz CT molecular complexity index is 977. The molecule has 4 heterocycles. The van der Waals surface area contributed by atoms with E-state index in [0.29, 0.717) is 24.8 Å². The Hall–Kier alpha value is -2.04. The number of hydrogen-bond donors (Lipinski definition) is 1. The topological polar surface area (TPSA) is 118 Å². The molecule has 28 heavy (non-hydrogen) atoms. The van der Waals surface area contributed by atoms with Gasteiger partial charge in [0.25, 0.3) is 10.2 Å². The molecule has 150 valence electrons. The normalized spacial score (nSPS) is 24.8. The van der Waals surface area contributed by atoms with Crippen LogP contribution >= 0.6 is 0 Å². The highest BCUT2D eigenvalue weighted by molar-refractivity contribution is 7.86. The third kappa shape index (κ3) is 3.19. The molecule has 10 heteroatoms. The van der Waals surface area contributed by atoms with Gasteiger partial charge in [0.15, 0.2) is 0 Å². The van der Waals surface area contributed by atoms with Gasteiger partial charge >= 0.3 is 0 Å². The van der Waals surface area contributed by atoms with Gasteiger partial charge in [-0.2, -0.15) is 17.7 Å². The first-order chi connectivity index (χ1) is 13.4. The zero-order valence-corrected chi connectivity index (χ0v) is 16.4. The number of nitrogens with zero attached hydrogens (tertiary/aromatic N) is 5. The van der Waals surface area contributed by atoms with E-state index in [2.05, 4.69) is 20.0 Å². The van der Waals surface area contributed by atoms with Gasteiger partial charge in [0.1, 0.15) is 5.82 Å². The predicted octanol–water partition coefficient (Wildman–Crippen LogP) is 1.50. The fraction of sp³-hybridized carbons (Fsp3) is 0.611. The van der Waals surface area contributed by atoms with Crippen molar-refractivity contribution >= 4 is 16.0 Å². The lowest BCUT2D eigenvalue weighted by molar-refractivity contribution is 0.242. The molecule has 0 amide bonds. The minimum Gasteiger partial charge on any atom is -0.357 e. The summed E-state index contributed by atoms with van der Waals surface area (Å²) in [6, 6.07) is 3.93. The van der Waals surface area contributed by atoms with Crippen molar-refractivity contribution in [1.29, 1.82) is 0 Å². The van der Waals surface area contributed by atoms with E-state index in [1.165, 1.54) is 17.1 Å². The first kappa shape index (κ1) is 18.0. The summed E-state index contributed by atoms with van der Waals surface area (Å²) in [5.74, 6) is 2.40. The summed E-state index contributed by atoms with van der Waals surface area (Å²) in [6.07, 6.45) is 6.71. The lowest BCUT2D eigenvalue weighted by Crippen LogP contribution is -2.43. The van der Waals surface area contributed by atoms with Gasteiger partial charge in [-0.1, -0.05) is 5.16 Å². The predicted molar refractivity (Wildman–Crippen MR) is 103 cm³/mol. The van der Waals surface area contributed by atoms with Crippen LogP contribution in [0.1, 0.15) is 43.9 Å². The molecule has 2 aliphatic heterocycles. The fourth-order valence-electron chi connectivity index (χ4n) is 4.61. The van der Waals surface area contributed by atoms with Crippen LogP contribution in [-0.2, 0) is 10.2 Å². The molecule has 1 atom stereocenters. The van der Waals surface area contributed by atoms with Crippen molar-refractivity contribution in [2.75, 3.05) is 31.1 Å². The highest BCUT2D eigenvalue weighted by atomic mass is 32.2. The molecule has 0 bridgehead atoms. The number of piperidine rings is 1. The van der Waals surface area contributed by atoms with E-state index >= 15 is 0 Å². The Kier molecular flexibility index (Phi) is 4.18. The summed E-state index contributed by atoms with van der Waals surface area (Å²) < 4.78 is 29.9. The summed E-state index contributed by atoms with van der Waals surface area (Å²) in [5.41, 5.74) is 0.981. The van der Waals surface area contributed by atoms with E-state index in [9.17, 15) is 8.42 Å². The Balaban J connectivity index is 1.30. The number of aromatic nitrogens is 3. The van der Waals surface area contributed by atoms with Gasteiger partial charge in [-0.15, -0.1) is 0 Å². The van der Waals surface area contributed by atoms with Crippen molar-refractivity contribution in [1.82, 2.24) is 19.4 Å². The summed E-state index contributed by atoms with van der Waals surface area (Å²) in [4.78, 5) is 11.4. The maximum absolute atomic E-state index is 11.5. The standard InChI is InChI=1S/C18H24N6O3S/c19-28(25,26)24-9-4-18(5-10-24)12-14(18)17-21-16(22-27-17)13-3-6-20-15(11-13)23-7-1-2-8-23/h3,6,11,14H,1-2,4-5,7-10,12H2,(H2,19,25,26). The van der Waals surface area contributed by atoms with E-state index in [1.54, 1.807) is 6.20 Å². The van der Waals surface area contributed by atoms with E-state index < -0.39 is 10.2 Å². The third-order valence-corrected chi connectivity index (χ3v) is 7.53. The van der Waals surface area contributed by atoms with Crippen LogP contribution in [0.5, 0.6) is 0 Å². The minimum absolute atomic E-state index is 0.0734. The fourth-order valence-corrected chi connectivity index (χ4v) is 5.30. The van der Waals surface area contributed by atoms with Crippen molar-refractivity contribution in [2.24, 2.45) is 10.6 Å². The Morgan fingerprint density at radius 2 is 1.93 bits per heavy atom. The molecule has 0 aromatic carbocycles. The maximum atomic E-state index is 11.5. The molecule has 3 fully saturated rings. The molecule has 1 aliphatic carbocycles. The molecular formula is C18H24N6O3S. The van der Waals surface area contributed by atoms with Crippen LogP contribution in [0.4, 0.5) is 5.82 Å². The van der Waals surface area contributed by atoms with Gasteiger partial charge in [-0.25, -0.2) is 10.1 Å². The van der Waals surface area contributed by atoms with Crippen LogP contribution in [0, 0.1) is 5.41 Å². The summed E-state index contributed by atoms with van der Waals surface area (Å²) in [6.45, 7) is 2.99. The van der Waals surface area contributed by atoms with Crippen LogP contribution < -0.4 is 10.0 Å². The molecule has 2 saturated heterocycles. The Labute approximate surface area is 164 Å². The lowest BCUT2D eigenvalue weighted by Gasteiger charge is -2.30. The van der Waals surface area contributed by atoms with Gasteiger partial charge < -0.3 is 9.42 Å². The van der Waals surface area contributed by atoms with E-state index in [1.807, 2.05) is 12.1 Å². The zero-order valence-electron chi connectivity index (χ0n) is 15.6. The largest absolute Gasteiger partial charge is 0.357 e. The van der Waals surface area contributed by atoms with Crippen molar-refractivity contribution in [3.63, 3.8) is 0 Å². The van der Waals surface area contributed by atoms with Crippen LogP contribution in [0.25, 0.3) is 11.4 Å². The first-order valence-corrected chi connectivity index (χ1v) is 11.3. The van der Waals surface area contributed by atoms with Crippen molar-refractivity contribution in [3.05, 3.63) is 24.2 Å². The van der Waals surface area contributed by atoms with Gasteiger partial charge in [0.2, 0.25) is 11.7 Å². The quantitative estimate of drug-likeness (QED) is 0.820. The number of anilines is 1. The monoisotopic (exact) mass is 404 g/mol. The van der Waals surface area contributed by atoms with Gasteiger partial charge in [0, 0.05) is 43.9 Å². The highest BCUT2D eigenvalue weighted by Crippen LogP contribution is 2.64. The van der Waals surface area contributed by atoms with Crippen molar-refractivity contribution < 1.29 is 12.9 Å². The Morgan fingerprint density at radius 1 is 1.18 bits per heavy atom. The first-order valence-electron chi connectivity index (χ1n) is 9.78. The van der Waals surface area contributed by atoms with E-state index in [-0.39, 0.29) is 11.3 Å². The number of rotatable bonds is 4. The number of nitrogens with two attached hydrogens (primary N) is 1. The molecule has 9 nitrogen and oxygen atoms in total. The Morgan fingerprint density at radius 3 is 2.64 bits per heavy atom. The molecular weight excluding hydrogens is 380 g/mol. The second-order valence-electron chi connectivity index (χ2n) is 8.12. The molecule has 0 radical (unpaired) electrons. The number of pyridine rings is 1. The van der Waals surface area contributed by atoms with Gasteiger partial charge in [-0.3, -0.25) is 0 Å². The summed E-state index contributed by atoms with van der Waals surface area (Å²) in [7, 11) is -3.60. The summed E-state index contributed by atoms with van der Waals surface area (Å²) in [5, 5.41) is 9.43. The average molecular weight is 404 g/mol. The third-order valence-electron chi connectivity index (χ3n) is 6.44. The zero-order chi connectivity index (χ0) is 19.4. The molecule has 3 aliphatic rings. The molecule has 1 unspecified atom stereocenters. The van der Waals surface area contributed by atoms with Gasteiger partial charge in [0.05, 0.1) is 0 Å². The minimum atomic E-state index is -3.60. The van der Waals surface area contributed by atoms with Crippen LogP contribution in [0.15, 0.2) is 22.9 Å².